The van der Waals surface area contributed by atoms with Gasteiger partial charge in [0.1, 0.15) is 0 Å². The van der Waals surface area contributed by atoms with E-state index in [-0.39, 0.29) is 6.04 Å². The van der Waals surface area contributed by atoms with E-state index in [1.165, 1.54) is 0 Å². The minimum atomic E-state index is -0.642. The van der Waals surface area contributed by atoms with Crippen LogP contribution in [0.15, 0.2) is 18.2 Å². The average Bonchev–Trinajstić information content (AvgIpc) is 2.21. The van der Waals surface area contributed by atoms with Crippen LogP contribution in [-0.4, -0.2) is 17.7 Å². The fraction of sp³-hybridized carbons (Fsp3) is 0.455. The number of halogens is 2. The zero-order valence-corrected chi connectivity index (χ0v) is 10.3. The summed E-state index contributed by atoms with van der Waals surface area (Å²) >= 11 is 11.8. The summed E-state index contributed by atoms with van der Waals surface area (Å²) in [6.07, 6.45) is -0.642. The van der Waals surface area contributed by atoms with E-state index in [1.54, 1.807) is 18.2 Å². The fourth-order valence-corrected chi connectivity index (χ4v) is 1.85. The summed E-state index contributed by atoms with van der Waals surface area (Å²) < 4.78 is 0. The second-order valence-corrected chi connectivity index (χ2v) is 4.30. The minimum Gasteiger partial charge on any atom is -0.387 e. The predicted molar refractivity (Wildman–Crippen MR) is 64.6 cm³/mol. The maximum atomic E-state index is 10.0. The molecule has 0 saturated heterocycles. The Balaban J connectivity index is 2.89. The largest absolute Gasteiger partial charge is 0.387 e. The molecule has 84 valence electrons. The molecule has 0 aromatic heterocycles. The Hall–Kier alpha value is -0.280. The summed E-state index contributed by atoms with van der Waals surface area (Å²) in [5, 5.41) is 14.3. The predicted octanol–water partition coefficient (Wildman–Crippen LogP) is 3.02. The number of nitrogens with one attached hydrogen (secondary N) is 1. The number of aliphatic hydroxyl groups is 1. The lowest BCUT2D eigenvalue weighted by Crippen LogP contribution is -2.32. The molecule has 0 saturated carbocycles. The molecule has 0 aliphatic carbocycles. The van der Waals surface area contributed by atoms with E-state index in [4.69, 9.17) is 23.2 Å². The van der Waals surface area contributed by atoms with E-state index in [2.05, 4.69) is 5.32 Å². The molecule has 0 fully saturated rings. The second-order valence-electron chi connectivity index (χ2n) is 3.46. The lowest BCUT2D eigenvalue weighted by molar-refractivity contribution is 0.137. The molecular weight excluding hydrogens is 233 g/mol. The van der Waals surface area contributed by atoms with E-state index in [0.717, 1.165) is 6.54 Å². The van der Waals surface area contributed by atoms with Gasteiger partial charge in [-0.15, -0.1) is 0 Å². The van der Waals surface area contributed by atoms with Crippen molar-refractivity contribution in [1.82, 2.24) is 5.32 Å². The molecule has 4 heteroatoms. The third-order valence-electron chi connectivity index (χ3n) is 2.28. The van der Waals surface area contributed by atoms with Gasteiger partial charge in [-0.3, -0.25) is 0 Å². The van der Waals surface area contributed by atoms with Crippen LogP contribution in [0.25, 0.3) is 0 Å². The molecule has 1 rings (SSSR count). The van der Waals surface area contributed by atoms with Gasteiger partial charge < -0.3 is 10.4 Å². The molecule has 0 aliphatic heterocycles. The average molecular weight is 248 g/mol. The maximum absolute atomic E-state index is 10.0. The van der Waals surface area contributed by atoms with Gasteiger partial charge in [-0.2, -0.15) is 0 Å². The molecule has 0 radical (unpaired) electrons. The Morgan fingerprint density at radius 2 is 2.07 bits per heavy atom. The summed E-state index contributed by atoms with van der Waals surface area (Å²) in [4.78, 5) is 0. The van der Waals surface area contributed by atoms with E-state index in [0.29, 0.717) is 15.6 Å². The van der Waals surface area contributed by atoms with Crippen molar-refractivity contribution in [3.8, 4) is 0 Å². The Morgan fingerprint density at radius 3 is 2.67 bits per heavy atom. The van der Waals surface area contributed by atoms with Gasteiger partial charge in [-0.25, -0.2) is 0 Å². The molecule has 15 heavy (non-hydrogen) atoms. The first-order valence-electron chi connectivity index (χ1n) is 4.92. The van der Waals surface area contributed by atoms with Crippen molar-refractivity contribution in [2.24, 2.45) is 0 Å². The molecule has 0 amide bonds. The number of rotatable bonds is 4. The molecule has 1 aromatic rings. The first-order chi connectivity index (χ1) is 7.06. The van der Waals surface area contributed by atoms with Gasteiger partial charge >= 0.3 is 0 Å². The second kappa shape index (κ2) is 5.71. The number of aliphatic hydroxyl groups excluding tert-OH is 1. The quantitative estimate of drug-likeness (QED) is 0.858. The zero-order chi connectivity index (χ0) is 11.4. The number of benzene rings is 1. The third-order valence-corrected chi connectivity index (χ3v) is 2.86. The molecule has 2 N–H and O–H groups in total. The van der Waals surface area contributed by atoms with Crippen LogP contribution >= 0.6 is 23.2 Å². The van der Waals surface area contributed by atoms with Crippen molar-refractivity contribution >= 4 is 23.2 Å². The van der Waals surface area contributed by atoms with Crippen molar-refractivity contribution in [3.05, 3.63) is 33.8 Å². The highest BCUT2D eigenvalue weighted by atomic mass is 35.5. The van der Waals surface area contributed by atoms with Gasteiger partial charge in [0.25, 0.3) is 0 Å². The molecule has 2 nitrogen and oxygen atoms in total. The lowest BCUT2D eigenvalue weighted by atomic mass is 10.0. The van der Waals surface area contributed by atoms with Gasteiger partial charge in [0.05, 0.1) is 6.10 Å². The molecule has 0 spiro atoms. The van der Waals surface area contributed by atoms with Gasteiger partial charge in [-0.1, -0.05) is 30.1 Å². The van der Waals surface area contributed by atoms with E-state index >= 15 is 0 Å². The Kier molecular flexibility index (Phi) is 4.87. The minimum absolute atomic E-state index is 0.0500. The first-order valence-corrected chi connectivity index (χ1v) is 5.68. The van der Waals surface area contributed by atoms with Crippen LogP contribution in [0, 0.1) is 0 Å². The number of hydrogen-bond acceptors (Lipinski definition) is 2. The van der Waals surface area contributed by atoms with Crippen LogP contribution in [0.1, 0.15) is 25.5 Å². The highest BCUT2D eigenvalue weighted by Crippen LogP contribution is 2.28. The molecule has 2 unspecified atom stereocenters. The monoisotopic (exact) mass is 247 g/mol. The normalized spacial score (nSPS) is 15.0. The summed E-state index contributed by atoms with van der Waals surface area (Å²) in [5.41, 5.74) is 0.664. The van der Waals surface area contributed by atoms with Crippen molar-refractivity contribution < 1.29 is 5.11 Å². The summed E-state index contributed by atoms with van der Waals surface area (Å²) in [7, 11) is 0. The Bertz CT molecular complexity index is 330. The van der Waals surface area contributed by atoms with Gasteiger partial charge in [0.2, 0.25) is 0 Å². The maximum Gasteiger partial charge on any atom is 0.0955 e. The standard InChI is InChI=1S/C11H15Cl2NO/c1-3-14-7(2)11(15)9-6-8(12)4-5-10(9)13/h4-7,11,14-15H,3H2,1-2H3. The summed E-state index contributed by atoms with van der Waals surface area (Å²) in [6.45, 7) is 4.70. The first kappa shape index (κ1) is 12.8. The molecule has 0 bridgehead atoms. The highest BCUT2D eigenvalue weighted by molar-refractivity contribution is 6.33. The summed E-state index contributed by atoms with van der Waals surface area (Å²) in [6, 6.07) is 5.05. The lowest BCUT2D eigenvalue weighted by Gasteiger charge is -2.21. The number of hydrogen-bond donors (Lipinski definition) is 2. The fourth-order valence-electron chi connectivity index (χ4n) is 1.44. The van der Waals surface area contributed by atoms with Crippen LogP contribution in [0.5, 0.6) is 0 Å². The SMILES string of the molecule is CCNC(C)C(O)c1cc(Cl)ccc1Cl. The van der Waals surface area contributed by atoms with Crippen molar-refractivity contribution in [3.63, 3.8) is 0 Å². The summed E-state index contributed by atoms with van der Waals surface area (Å²) in [5.74, 6) is 0. The van der Waals surface area contributed by atoms with E-state index in [1.807, 2.05) is 13.8 Å². The van der Waals surface area contributed by atoms with Crippen LogP contribution in [0.3, 0.4) is 0 Å². The number of likely N-dealkylation sites (N-methyl/N-ethyl adjacent to an activating group) is 1. The van der Waals surface area contributed by atoms with Crippen molar-refractivity contribution in [2.45, 2.75) is 26.0 Å². The van der Waals surface area contributed by atoms with Gasteiger partial charge in [0, 0.05) is 21.7 Å². The molecular formula is C11H15Cl2NO. The smallest absolute Gasteiger partial charge is 0.0955 e. The van der Waals surface area contributed by atoms with E-state index < -0.39 is 6.10 Å². The van der Waals surface area contributed by atoms with Gasteiger partial charge in [-0.05, 0) is 31.7 Å². The van der Waals surface area contributed by atoms with Crippen LogP contribution in [0.2, 0.25) is 10.0 Å². The molecule has 0 aliphatic rings. The van der Waals surface area contributed by atoms with Crippen molar-refractivity contribution in [1.29, 1.82) is 0 Å². The third kappa shape index (κ3) is 3.35. The molecule has 1 aromatic carbocycles. The van der Waals surface area contributed by atoms with E-state index in [9.17, 15) is 5.11 Å². The van der Waals surface area contributed by atoms with Crippen molar-refractivity contribution in [2.75, 3.05) is 6.54 Å². The van der Waals surface area contributed by atoms with Gasteiger partial charge in [0.15, 0.2) is 0 Å². The zero-order valence-electron chi connectivity index (χ0n) is 8.80. The van der Waals surface area contributed by atoms with Crippen LogP contribution in [-0.2, 0) is 0 Å². The topological polar surface area (TPSA) is 32.3 Å². The molecule has 2 atom stereocenters. The molecule has 0 heterocycles. The highest BCUT2D eigenvalue weighted by Gasteiger charge is 2.18. The van der Waals surface area contributed by atoms with Crippen LogP contribution in [0.4, 0.5) is 0 Å². The Labute approximate surface area is 100 Å². The van der Waals surface area contributed by atoms with Crippen LogP contribution < -0.4 is 5.32 Å². The Morgan fingerprint density at radius 1 is 1.40 bits per heavy atom.